The fraction of sp³-hybridized carbons (Fsp3) is 0.292. The number of nitrogens with one attached hydrogen (secondary N) is 2. The molecule has 4 N–H and O–H groups in total. The number of thiazole rings is 1. The van der Waals surface area contributed by atoms with Crippen LogP contribution in [0.5, 0.6) is 0 Å². The molecule has 0 fully saturated rings. The second kappa shape index (κ2) is 11.3. The van der Waals surface area contributed by atoms with Crippen LogP contribution in [0.1, 0.15) is 34.8 Å². The monoisotopic (exact) mass is 452 g/mol. The van der Waals surface area contributed by atoms with Gasteiger partial charge in [-0.3, -0.25) is 4.79 Å². The number of carbonyl (C=O) groups is 2. The second-order valence-electron chi connectivity index (χ2n) is 7.40. The number of hydrogen-bond donors (Lipinski definition) is 3. The number of aromatic nitrogens is 1. The van der Waals surface area contributed by atoms with Crippen LogP contribution in [0.15, 0.2) is 60.0 Å². The molecule has 2 aromatic carbocycles. The Bertz CT molecular complexity index is 1020. The van der Waals surface area contributed by atoms with Crippen molar-refractivity contribution in [2.45, 2.75) is 38.3 Å². The van der Waals surface area contributed by atoms with Crippen LogP contribution in [-0.2, 0) is 28.8 Å². The standard InChI is InChI=1S/C24H28N4O3S/c1-3-22-26-21(15-32-22)19(13-17-9-11-18(25)12-10-17)27-23(29)20(28-24(30)31-2)14-16-7-5-4-6-8-16/h4-12,15,19-20H,3,13-14,25H2,1-2H3,(H,27,29)(H,28,30)/t19-,20?/m0/s1. The van der Waals surface area contributed by atoms with Gasteiger partial charge in [-0.15, -0.1) is 11.3 Å². The van der Waals surface area contributed by atoms with Gasteiger partial charge in [-0.25, -0.2) is 9.78 Å². The van der Waals surface area contributed by atoms with Crippen molar-refractivity contribution < 1.29 is 14.3 Å². The molecule has 2 atom stereocenters. The van der Waals surface area contributed by atoms with Gasteiger partial charge in [0.05, 0.1) is 23.9 Å². The number of benzene rings is 2. The Morgan fingerprint density at radius 1 is 1.03 bits per heavy atom. The summed E-state index contributed by atoms with van der Waals surface area (Å²) in [5.74, 6) is -0.300. The van der Waals surface area contributed by atoms with Gasteiger partial charge < -0.3 is 21.1 Å². The first-order valence-electron chi connectivity index (χ1n) is 10.5. The molecule has 0 radical (unpaired) electrons. The fourth-order valence-electron chi connectivity index (χ4n) is 3.30. The number of alkyl carbamates (subject to hydrolysis) is 1. The van der Waals surface area contributed by atoms with E-state index in [1.54, 1.807) is 11.3 Å². The Balaban J connectivity index is 1.82. The summed E-state index contributed by atoms with van der Waals surface area (Å²) in [5, 5.41) is 8.72. The summed E-state index contributed by atoms with van der Waals surface area (Å²) in [7, 11) is 1.28. The predicted molar refractivity (Wildman–Crippen MR) is 126 cm³/mol. The molecule has 8 heteroatoms. The number of carbonyl (C=O) groups excluding carboxylic acids is 2. The highest BCUT2D eigenvalue weighted by molar-refractivity contribution is 7.09. The number of aryl methyl sites for hydroxylation is 1. The molecular formula is C24H28N4O3S. The zero-order valence-corrected chi connectivity index (χ0v) is 19.0. The van der Waals surface area contributed by atoms with Crippen molar-refractivity contribution in [2.75, 3.05) is 12.8 Å². The molecule has 0 saturated heterocycles. The largest absolute Gasteiger partial charge is 0.453 e. The Hall–Kier alpha value is -3.39. The lowest BCUT2D eigenvalue weighted by molar-refractivity contribution is -0.123. The minimum Gasteiger partial charge on any atom is -0.453 e. The summed E-state index contributed by atoms with van der Waals surface area (Å²) in [4.78, 5) is 29.9. The van der Waals surface area contributed by atoms with Crippen LogP contribution < -0.4 is 16.4 Å². The van der Waals surface area contributed by atoms with Crippen molar-refractivity contribution in [1.29, 1.82) is 0 Å². The van der Waals surface area contributed by atoms with Crippen LogP contribution in [0.25, 0.3) is 0 Å². The van der Waals surface area contributed by atoms with Gasteiger partial charge >= 0.3 is 6.09 Å². The molecule has 0 aliphatic rings. The van der Waals surface area contributed by atoms with Gasteiger partial charge in [0.2, 0.25) is 5.91 Å². The lowest BCUT2D eigenvalue weighted by atomic mass is 10.0. The highest BCUT2D eigenvalue weighted by atomic mass is 32.1. The summed E-state index contributed by atoms with van der Waals surface area (Å²) < 4.78 is 4.73. The van der Waals surface area contributed by atoms with Crippen molar-refractivity contribution in [1.82, 2.24) is 15.6 Å². The quantitative estimate of drug-likeness (QED) is 0.430. The molecule has 168 valence electrons. The van der Waals surface area contributed by atoms with E-state index in [-0.39, 0.29) is 11.9 Å². The van der Waals surface area contributed by atoms with Gasteiger partial charge in [-0.1, -0.05) is 49.4 Å². The molecular weight excluding hydrogens is 424 g/mol. The first-order valence-corrected chi connectivity index (χ1v) is 11.3. The summed E-state index contributed by atoms with van der Waals surface area (Å²) in [6.45, 7) is 2.05. The van der Waals surface area contributed by atoms with Gasteiger partial charge in [-0.05, 0) is 36.1 Å². The van der Waals surface area contributed by atoms with Crippen molar-refractivity contribution in [2.24, 2.45) is 0 Å². The maximum Gasteiger partial charge on any atom is 0.407 e. The number of nitrogens with two attached hydrogens (primary N) is 1. The summed E-state index contributed by atoms with van der Waals surface area (Å²) in [6, 6.07) is 15.9. The van der Waals surface area contributed by atoms with E-state index in [1.165, 1.54) is 7.11 Å². The zero-order valence-electron chi connectivity index (χ0n) is 18.2. The lowest BCUT2D eigenvalue weighted by Gasteiger charge is -2.23. The molecule has 1 heterocycles. The molecule has 7 nitrogen and oxygen atoms in total. The number of rotatable bonds is 9. The average molecular weight is 453 g/mol. The number of amides is 2. The summed E-state index contributed by atoms with van der Waals surface area (Å²) >= 11 is 1.57. The van der Waals surface area contributed by atoms with Gasteiger partial charge in [-0.2, -0.15) is 0 Å². The zero-order chi connectivity index (χ0) is 22.9. The Kier molecular flexibility index (Phi) is 8.21. The third-order valence-corrected chi connectivity index (χ3v) is 6.05. The molecule has 0 aliphatic heterocycles. The average Bonchev–Trinajstić information content (AvgIpc) is 3.29. The Morgan fingerprint density at radius 3 is 2.34 bits per heavy atom. The maximum atomic E-state index is 13.3. The van der Waals surface area contributed by atoms with E-state index in [4.69, 9.17) is 10.5 Å². The second-order valence-corrected chi connectivity index (χ2v) is 8.35. The fourth-order valence-corrected chi connectivity index (χ4v) is 4.10. The molecule has 3 rings (SSSR count). The first-order chi connectivity index (χ1) is 15.5. The van der Waals surface area contributed by atoms with Crippen molar-refractivity contribution >= 4 is 29.0 Å². The maximum absolute atomic E-state index is 13.3. The number of nitrogen functional groups attached to an aromatic ring is 1. The van der Waals surface area contributed by atoms with E-state index in [2.05, 4.69) is 15.6 Å². The van der Waals surface area contributed by atoms with Crippen molar-refractivity contribution in [3.63, 3.8) is 0 Å². The number of methoxy groups -OCH3 is 1. The van der Waals surface area contributed by atoms with Crippen molar-refractivity contribution in [3.8, 4) is 0 Å². The molecule has 32 heavy (non-hydrogen) atoms. The van der Waals surface area contributed by atoms with Gasteiger partial charge in [0.1, 0.15) is 6.04 Å². The van der Waals surface area contributed by atoms with Crippen LogP contribution >= 0.6 is 11.3 Å². The minimum absolute atomic E-state index is 0.300. The van der Waals surface area contributed by atoms with E-state index in [1.807, 2.05) is 66.9 Å². The molecule has 1 unspecified atom stereocenters. The number of anilines is 1. The van der Waals surface area contributed by atoms with Crippen LogP contribution in [0, 0.1) is 0 Å². The third-order valence-electron chi connectivity index (χ3n) is 5.04. The number of hydrogen-bond acceptors (Lipinski definition) is 6. The molecule has 0 saturated carbocycles. The number of ether oxygens (including phenoxy) is 1. The minimum atomic E-state index is -0.789. The molecule has 0 spiro atoms. The van der Waals surface area contributed by atoms with Gasteiger partial charge in [0, 0.05) is 17.5 Å². The third kappa shape index (κ3) is 6.55. The van der Waals surface area contributed by atoms with E-state index in [0.29, 0.717) is 18.5 Å². The highest BCUT2D eigenvalue weighted by Gasteiger charge is 2.26. The summed E-state index contributed by atoms with van der Waals surface area (Å²) in [6.07, 6.45) is 1.06. The van der Waals surface area contributed by atoms with Crippen LogP contribution in [-0.4, -0.2) is 30.1 Å². The van der Waals surface area contributed by atoms with E-state index in [9.17, 15) is 9.59 Å². The summed E-state index contributed by atoms with van der Waals surface area (Å²) in [5.41, 5.74) is 9.25. The van der Waals surface area contributed by atoms with Gasteiger partial charge in [0.15, 0.2) is 0 Å². The van der Waals surface area contributed by atoms with Crippen LogP contribution in [0.2, 0.25) is 0 Å². The molecule has 0 bridgehead atoms. The predicted octanol–water partition coefficient (Wildman–Crippen LogP) is 3.66. The van der Waals surface area contributed by atoms with Gasteiger partial charge in [0.25, 0.3) is 0 Å². The number of nitrogens with zero attached hydrogens (tertiary/aromatic N) is 1. The normalized spacial score (nSPS) is 12.6. The molecule has 1 aromatic heterocycles. The smallest absolute Gasteiger partial charge is 0.407 e. The molecule has 2 amide bonds. The SMILES string of the molecule is CCc1nc([C@H](Cc2ccc(N)cc2)NC(=O)C(Cc2ccccc2)NC(=O)OC)cs1. The van der Waals surface area contributed by atoms with Crippen LogP contribution in [0.4, 0.5) is 10.5 Å². The topological polar surface area (TPSA) is 106 Å². The lowest BCUT2D eigenvalue weighted by Crippen LogP contribution is -2.49. The molecule has 0 aliphatic carbocycles. The Morgan fingerprint density at radius 2 is 1.72 bits per heavy atom. The van der Waals surface area contributed by atoms with Crippen molar-refractivity contribution in [3.05, 3.63) is 81.8 Å². The Labute approximate surface area is 192 Å². The first kappa shape index (κ1) is 23.3. The molecule has 3 aromatic rings. The van der Waals surface area contributed by atoms with Crippen LogP contribution in [0.3, 0.4) is 0 Å². The van der Waals surface area contributed by atoms with E-state index in [0.717, 1.165) is 28.2 Å². The van der Waals surface area contributed by atoms with E-state index < -0.39 is 12.1 Å². The highest BCUT2D eigenvalue weighted by Crippen LogP contribution is 2.22. The van der Waals surface area contributed by atoms with E-state index >= 15 is 0 Å².